The van der Waals surface area contributed by atoms with Crippen molar-refractivity contribution in [3.05, 3.63) is 59.4 Å². The summed E-state index contributed by atoms with van der Waals surface area (Å²) in [5.41, 5.74) is 1.45. The second-order valence-electron chi connectivity index (χ2n) is 6.84. The fourth-order valence-electron chi connectivity index (χ4n) is 3.23. The van der Waals surface area contributed by atoms with Crippen LogP contribution in [0.25, 0.3) is 0 Å². The molecule has 0 radical (unpaired) electrons. The van der Waals surface area contributed by atoms with E-state index in [1.807, 2.05) is 18.2 Å². The van der Waals surface area contributed by atoms with Gasteiger partial charge in [0.1, 0.15) is 5.82 Å². The highest BCUT2D eigenvalue weighted by Crippen LogP contribution is 2.31. The molecule has 1 amide bonds. The Balaban J connectivity index is 0.000000534. The van der Waals surface area contributed by atoms with Gasteiger partial charge < -0.3 is 24.6 Å². The number of ether oxygens (including phenoxy) is 2. The van der Waals surface area contributed by atoms with Crippen molar-refractivity contribution in [2.45, 2.75) is 6.54 Å². The molecule has 172 valence electrons. The minimum absolute atomic E-state index is 0.122. The monoisotopic (exact) mass is 448 g/mol. The van der Waals surface area contributed by atoms with Crippen molar-refractivity contribution in [2.24, 2.45) is 0 Å². The largest absolute Gasteiger partial charge is 0.493 e. The maximum atomic E-state index is 13.3. The van der Waals surface area contributed by atoms with Gasteiger partial charge in [0.2, 0.25) is 0 Å². The molecule has 2 aromatic rings. The molecule has 9 nitrogen and oxygen atoms in total. The zero-order valence-electron chi connectivity index (χ0n) is 17.8. The topological polar surface area (TPSA) is 117 Å². The SMILES string of the molecule is COc1cccc(CN2CCN(C(=O)c3cccc(F)c3)CC2)c1OC.O=C(O)C(=O)O. The van der Waals surface area contributed by atoms with Gasteiger partial charge in [0, 0.05) is 43.9 Å². The molecule has 2 aromatic carbocycles. The molecular weight excluding hydrogens is 423 g/mol. The molecule has 0 spiro atoms. The van der Waals surface area contributed by atoms with Crippen molar-refractivity contribution in [1.82, 2.24) is 9.80 Å². The number of nitrogens with zero attached hydrogens (tertiary/aromatic N) is 2. The summed E-state index contributed by atoms with van der Waals surface area (Å²) in [5.74, 6) is -2.70. The van der Waals surface area contributed by atoms with Crippen LogP contribution in [0.3, 0.4) is 0 Å². The summed E-state index contributed by atoms with van der Waals surface area (Å²) >= 11 is 0. The van der Waals surface area contributed by atoms with Crippen LogP contribution in [0, 0.1) is 5.82 Å². The zero-order chi connectivity index (χ0) is 23.7. The number of amides is 1. The van der Waals surface area contributed by atoms with E-state index in [1.165, 1.54) is 12.1 Å². The van der Waals surface area contributed by atoms with Crippen LogP contribution in [0.5, 0.6) is 11.5 Å². The molecule has 32 heavy (non-hydrogen) atoms. The van der Waals surface area contributed by atoms with E-state index in [9.17, 15) is 9.18 Å². The Morgan fingerprint density at radius 1 is 0.938 bits per heavy atom. The third-order valence-electron chi connectivity index (χ3n) is 4.79. The summed E-state index contributed by atoms with van der Waals surface area (Å²) in [6, 6.07) is 11.7. The number of carboxylic acids is 2. The van der Waals surface area contributed by atoms with Gasteiger partial charge in [-0.15, -0.1) is 0 Å². The maximum absolute atomic E-state index is 13.3. The average Bonchev–Trinajstić information content (AvgIpc) is 2.79. The van der Waals surface area contributed by atoms with Crippen LogP contribution in [0.1, 0.15) is 15.9 Å². The minimum Gasteiger partial charge on any atom is -0.493 e. The van der Waals surface area contributed by atoms with Gasteiger partial charge in [0.15, 0.2) is 11.5 Å². The third kappa shape index (κ3) is 6.67. The molecule has 0 bridgehead atoms. The van der Waals surface area contributed by atoms with E-state index in [0.717, 1.165) is 30.9 Å². The lowest BCUT2D eigenvalue weighted by atomic mass is 10.1. The lowest BCUT2D eigenvalue weighted by Gasteiger charge is -2.35. The molecule has 1 aliphatic rings. The average molecular weight is 448 g/mol. The van der Waals surface area contributed by atoms with Crippen LogP contribution < -0.4 is 9.47 Å². The van der Waals surface area contributed by atoms with Gasteiger partial charge in [-0.2, -0.15) is 0 Å². The van der Waals surface area contributed by atoms with Crippen molar-refractivity contribution < 1.29 is 38.5 Å². The first-order chi connectivity index (χ1) is 15.3. The zero-order valence-corrected chi connectivity index (χ0v) is 17.8. The Kier molecular flexibility index (Phi) is 8.96. The number of methoxy groups -OCH3 is 2. The predicted octanol–water partition coefficient (Wildman–Crippen LogP) is 1.96. The first kappa shape index (κ1) is 24.6. The fourth-order valence-corrected chi connectivity index (χ4v) is 3.23. The smallest absolute Gasteiger partial charge is 0.414 e. The number of carboxylic acid groups (broad SMARTS) is 2. The summed E-state index contributed by atoms with van der Waals surface area (Å²) in [5, 5.41) is 14.8. The van der Waals surface area contributed by atoms with Gasteiger partial charge in [-0.05, 0) is 24.3 Å². The molecule has 3 rings (SSSR count). The molecule has 1 fully saturated rings. The minimum atomic E-state index is -1.82. The Labute approximate surface area is 184 Å². The number of hydrogen-bond acceptors (Lipinski definition) is 6. The van der Waals surface area contributed by atoms with E-state index in [1.54, 1.807) is 31.3 Å². The molecule has 0 aromatic heterocycles. The number of benzene rings is 2. The molecule has 1 heterocycles. The predicted molar refractivity (Wildman–Crippen MR) is 112 cm³/mol. The summed E-state index contributed by atoms with van der Waals surface area (Å²) in [7, 11) is 3.26. The summed E-state index contributed by atoms with van der Waals surface area (Å²) < 4.78 is 24.2. The normalized spacial score (nSPS) is 13.5. The molecule has 0 atom stereocenters. The van der Waals surface area contributed by atoms with Crippen molar-refractivity contribution in [3.63, 3.8) is 0 Å². The second kappa shape index (κ2) is 11.7. The van der Waals surface area contributed by atoms with Crippen LogP contribution >= 0.6 is 0 Å². The van der Waals surface area contributed by atoms with Gasteiger partial charge in [-0.1, -0.05) is 18.2 Å². The van der Waals surface area contributed by atoms with Gasteiger partial charge in [-0.3, -0.25) is 9.69 Å². The molecular formula is C22H25FN2O7. The Morgan fingerprint density at radius 2 is 1.56 bits per heavy atom. The Hall–Kier alpha value is -3.66. The van der Waals surface area contributed by atoms with Crippen LogP contribution in [-0.4, -0.2) is 78.3 Å². The molecule has 1 aliphatic heterocycles. The van der Waals surface area contributed by atoms with Crippen molar-refractivity contribution in [1.29, 1.82) is 0 Å². The van der Waals surface area contributed by atoms with E-state index in [4.69, 9.17) is 29.3 Å². The summed E-state index contributed by atoms with van der Waals surface area (Å²) in [6.07, 6.45) is 0. The van der Waals surface area contributed by atoms with Gasteiger partial charge in [0.25, 0.3) is 5.91 Å². The molecule has 10 heteroatoms. The number of halogens is 1. The van der Waals surface area contributed by atoms with Crippen molar-refractivity contribution >= 4 is 17.8 Å². The van der Waals surface area contributed by atoms with Crippen molar-refractivity contribution in [3.8, 4) is 11.5 Å². The number of rotatable bonds is 5. The summed E-state index contributed by atoms with van der Waals surface area (Å²) in [4.78, 5) is 34.7. The highest BCUT2D eigenvalue weighted by atomic mass is 19.1. The highest BCUT2D eigenvalue weighted by Gasteiger charge is 2.23. The number of aliphatic carboxylic acids is 2. The van der Waals surface area contributed by atoms with Gasteiger partial charge in [-0.25, -0.2) is 14.0 Å². The lowest BCUT2D eigenvalue weighted by molar-refractivity contribution is -0.159. The van der Waals surface area contributed by atoms with Gasteiger partial charge in [0.05, 0.1) is 14.2 Å². The number of piperazine rings is 1. The molecule has 0 saturated carbocycles. The lowest BCUT2D eigenvalue weighted by Crippen LogP contribution is -2.48. The standard InChI is InChI=1S/C20H23FN2O3.C2H2O4/c1-25-18-8-4-6-16(19(18)26-2)14-22-9-11-23(12-10-22)20(24)15-5-3-7-17(21)13-15;3-1(4)2(5)6/h3-8,13H,9-12,14H2,1-2H3;(H,3,4)(H,5,6). The van der Waals surface area contributed by atoms with Crippen LogP contribution in [0.15, 0.2) is 42.5 Å². The Morgan fingerprint density at radius 3 is 2.09 bits per heavy atom. The third-order valence-corrected chi connectivity index (χ3v) is 4.79. The first-order valence-electron chi connectivity index (χ1n) is 9.70. The quantitative estimate of drug-likeness (QED) is 0.667. The molecule has 2 N–H and O–H groups in total. The van der Waals surface area contributed by atoms with E-state index >= 15 is 0 Å². The molecule has 1 saturated heterocycles. The highest BCUT2D eigenvalue weighted by molar-refractivity contribution is 6.27. The van der Waals surface area contributed by atoms with Crippen LogP contribution in [-0.2, 0) is 16.1 Å². The second-order valence-corrected chi connectivity index (χ2v) is 6.84. The van der Waals surface area contributed by atoms with Gasteiger partial charge >= 0.3 is 11.9 Å². The number of para-hydroxylation sites is 1. The van der Waals surface area contributed by atoms with E-state index in [0.29, 0.717) is 24.4 Å². The van der Waals surface area contributed by atoms with Crippen LogP contribution in [0.4, 0.5) is 4.39 Å². The van der Waals surface area contributed by atoms with Crippen molar-refractivity contribution in [2.75, 3.05) is 40.4 Å². The van der Waals surface area contributed by atoms with E-state index < -0.39 is 11.9 Å². The number of carbonyl (C=O) groups excluding carboxylic acids is 1. The number of carbonyl (C=O) groups is 3. The fraction of sp³-hybridized carbons (Fsp3) is 0.318. The number of hydrogen-bond donors (Lipinski definition) is 2. The molecule has 0 unspecified atom stereocenters. The first-order valence-corrected chi connectivity index (χ1v) is 9.70. The van der Waals surface area contributed by atoms with E-state index in [2.05, 4.69) is 4.90 Å². The Bertz CT molecular complexity index is 947. The van der Waals surface area contributed by atoms with E-state index in [-0.39, 0.29) is 11.7 Å². The van der Waals surface area contributed by atoms with Crippen LogP contribution in [0.2, 0.25) is 0 Å². The maximum Gasteiger partial charge on any atom is 0.414 e. The molecule has 0 aliphatic carbocycles. The summed E-state index contributed by atoms with van der Waals surface area (Å²) in [6.45, 7) is 3.45.